The maximum Gasteiger partial charge on any atom is 0.416 e. The molecule has 0 heterocycles. The predicted octanol–water partition coefficient (Wildman–Crippen LogP) is 5.24. The van der Waals surface area contributed by atoms with Gasteiger partial charge in [-0.25, -0.2) is 4.39 Å². The number of benzene rings is 2. The lowest BCUT2D eigenvalue weighted by Gasteiger charge is -2.14. The summed E-state index contributed by atoms with van der Waals surface area (Å²) in [6, 6.07) is 5.78. The fourth-order valence-corrected chi connectivity index (χ4v) is 2.09. The summed E-state index contributed by atoms with van der Waals surface area (Å²) in [5.74, 6) is -0.471. The van der Waals surface area contributed by atoms with Crippen molar-refractivity contribution >= 4 is 33.0 Å². The van der Waals surface area contributed by atoms with Gasteiger partial charge in [0.15, 0.2) is 0 Å². The molecule has 0 aliphatic carbocycles. The van der Waals surface area contributed by atoms with Gasteiger partial charge in [0.05, 0.1) is 22.6 Å². The van der Waals surface area contributed by atoms with Gasteiger partial charge in [0.25, 0.3) is 0 Å². The minimum Gasteiger partial charge on any atom is -0.397 e. The normalized spacial score (nSPS) is 11.5. The quantitative estimate of drug-likeness (QED) is 0.566. The molecule has 0 bridgehead atoms. The number of halogens is 5. The molecule has 0 atom stereocenters. The van der Waals surface area contributed by atoms with Crippen LogP contribution in [0.4, 0.5) is 34.6 Å². The first-order chi connectivity index (χ1) is 9.68. The Hall–Kier alpha value is -1.76. The number of anilines is 3. The van der Waals surface area contributed by atoms with Gasteiger partial charge in [-0.1, -0.05) is 0 Å². The zero-order valence-electron chi connectivity index (χ0n) is 10.9. The molecule has 0 radical (unpaired) electrons. The lowest BCUT2D eigenvalue weighted by Crippen LogP contribution is -2.06. The van der Waals surface area contributed by atoms with Gasteiger partial charge in [-0.15, -0.1) is 0 Å². The van der Waals surface area contributed by atoms with Gasteiger partial charge in [-0.05, 0) is 58.7 Å². The zero-order valence-corrected chi connectivity index (χ0v) is 12.4. The summed E-state index contributed by atoms with van der Waals surface area (Å²) in [6.07, 6.45) is -4.44. The van der Waals surface area contributed by atoms with Crippen molar-refractivity contribution in [1.29, 1.82) is 0 Å². The Morgan fingerprint density at radius 3 is 2.38 bits per heavy atom. The van der Waals surface area contributed by atoms with Crippen molar-refractivity contribution in [3.8, 4) is 0 Å². The van der Waals surface area contributed by atoms with Crippen molar-refractivity contribution < 1.29 is 17.6 Å². The third-order valence-electron chi connectivity index (χ3n) is 2.89. The van der Waals surface area contributed by atoms with Crippen LogP contribution in [0.25, 0.3) is 0 Å². The van der Waals surface area contributed by atoms with Gasteiger partial charge in [0.2, 0.25) is 0 Å². The molecule has 3 N–H and O–H groups in total. The van der Waals surface area contributed by atoms with Crippen LogP contribution in [0.1, 0.15) is 11.1 Å². The van der Waals surface area contributed by atoms with Gasteiger partial charge >= 0.3 is 6.18 Å². The first-order valence-corrected chi connectivity index (χ1v) is 6.67. The zero-order chi connectivity index (χ0) is 15.8. The Balaban J connectivity index is 2.42. The molecule has 0 aliphatic heterocycles. The van der Waals surface area contributed by atoms with Gasteiger partial charge < -0.3 is 11.1 Å². The maximum absolute atomic E-state index is 13.3. The number of aryl methyl sites for hydroxylation is 1. The molecule has 0 aromatic heterocycles. The maximum atomic E-state index is 13.3. The van der Waals surface area contributed by atoms with Crippen LogP contribution in [0.2, 0.25) is 0 Å². The summed E-state index contributed by atoms with van der Waals surface area (Å²) in [7, 11) is 0. The molecule has 2 rings (SSSR count). The molecule has 2 nitrogen and oxygen atoms in total. The molecule has 2 aromatic rings. The van der Waals surface area contributed by atoms with Crippen LogP contribution in [0, 0.1) is 12.7 Å². The van der Waals surface area contributed by atoms with E-state index in [0.29, 0.717) is 15.7 Å². The van der Waals surface area contributed by atoms with Gasteiger partial charge in [0.1, 0.15) is 5.82 Å². The van der Waals surface area contributed by atoms with Crippen LogP contribution in [-0.2, 0) is 6.18 Å². The van der Waals surface area contributed by atoms with E-state index in [1.54, 1.807) is 6.92 Å². The van der Waals surface area contributed by atoms with Crippen molar-refractivity contribution in [2.75, 3.05) is 11.1 Å². The number of nitrogens with two attached hydrogens (primary N) is 1. The summed E-state index contributed by atoms with van der Waals surface area (Å²) in [6.45, 7) is 1.54. The monoisotopic (exact) mass is 362 g/mol. The SMILES string of the molecule is Cc1cc(Nc2cc(C(F)(F)F)ccc2Br)c(N)cc1F. The highest BCUT2D eigenvalue weighted by atomic mass is 79.9. The van der Waals surface area contributed by atoms with Crippen molar-refractivity contribution in [2.45, 2.75) is 13.1 Å². The fourth-order valence-electron chi connectivity index (χ4n) is 1.75. The van der Waals surface area contributed by atoms with Crippen molar-refractivity contribution in [3.63, 3.8) is 0 Å². The van der Waals surface area contributed by atoms with E-state index >= 15 is 0 Å². The Morgan fingerprint density at radius 1 is 1.10 bits per heavy atom. The van der Waals surface area contributed by atoms with E-state index in [9.17, 15) is 17.6 Å². The Bertz CT molecular complexity index is 683. The second-order valence-electron chi connectivity index (χ2n) is 4.51. The average Bonchev–Trinajstić information content (AvgIpc) is 2.37. The summed E-state index contributed by atoms with van der Waals surface area (Å²) >= 11 is 3.17. The minimum absolute atomic E-state index is 0.113. The Morgan fingerprint density at radius 2 is 1.76 bits per heavy atom. The fraction of sp³-hybridized carbons (Fsp3) is 0.143. The van der Waals surface area contributed by atoms with Crippen LogP contribution in [0.15, 0.2) is 34.8 Å². The number of hydrogen-bond donors (Lipinski definition) is 2. The van der Waals surface area contributed by atoms with Crippen LogP contribution in [0.3, 0.4) is 0 Å². The van der Waals surface area contributed by atoms with Gasteiger partial charge in [-0.3, -0.25) is 0 Å². The standard InChI is InChI=1S/C14H11BrF4N2/c1-7-4-13(11(20)6-10(7)16)21-12-5-8(14(17,18)19)2-3-9(12)15/h2-6,21H,20H2,1H3. The Labute approximate surface area is 127 Å². The summed E-state index contributed by atoms with van der Waals surface area (Å²) in [5.41, 5.74) is 5.88. The molecule has 7 heteroatoms. The third-order valence-corrected chi connectivity index (χ3v) is 3.59. The van der Waals surface area contributed by atoms with Crippen LogP contribution in [0.5, 0.6) is 0 Å². The lowest BCUT2D eigenvalue weighted by molar-refractivity contribution is -0.137. The van der Waals surface area contributed by atoms with Gasteiger partial charge in [-0.2, -0.15) is 13.2 Å². The topological polar surface area (TPSA) is 38.0 Å². The largest absolute Gasteiger partial charge is 0.416 e. The second-order valence-corrected chi connectivity index (χ2v) is 5.36. The van der Waals surface area contributed by atoms with E-state index in [0.717, 1.165) is 18.2 Å². The molecule has 0 spiro atoms. The van der Waals surface area contributed by atoms with Gasteiger partial charge in [0, 0.05) is 4.47 Å². The number of alkyl halides is 3. The number of nitrogen functional groups attached to an aromatic ring is 1. The number of nitrogens with one attached hydrogen (secondary N) is 1. The highest BCUT2D eigenvalue weighted by molar-refractivity contribution is 9.10. The molecule has 0 saturated heterocycles. The molecule has 112 valence electrons. The Kier molecular flexibility index (Phi) is 4.13. The van der Waals surface area contributed by atoms with E-state index in [1.807, 2.05) is 0 Å². The highest BCUT2D eigenvalue weighted by Gasteiger charge is 2.31. The molecular weight excluding hydrogens is 352 g/mol. The van der Waals surface area contributed by atoms with Crippen LogP contribution in [-0.4, -0.2) is 0 Å². The molecule has 0 amide bonds. The van der Waals surface area contributed by atoms with E-state index < -0.39 is 17.6 Å². The molecule has 0 fully saturated rings. The molecule has 0 aliphatic rings. The van der Waals surface area contributed by atoms with Crippen molar-refractivity contribution in [2.24, 2.45) is 0 Å². The molecule has 2 aromatic carbocycles. The summed E-state index contributed by atoms with van der Waals surface area (Å²) in [5, 5.41) is 2.78. The molecule has 21 heavy (non-hydrogen) atoms. The first-order valence-electron chi connectivity index (χ1n) is 5.88. The molecule has 0 unspecified atom stereocenters. The van der Waals surface area contributed by atoms with E-state index in [1.165, 1.54) is 12.1 Å². The van der Waals surface area contributed by atoms with E-state index in [-0.39, 0.29) is 11.4 Å². The van der Waals surface area contributed by atoms with Crippen LogP contribution >= 0.6 is 15.9 Å². The highest BCUT2D eigenvalue weighted by Crippen LogP contribution is 2.36. The third kappa shape index (κ3) is 3.47. The number of hydrogen-bond acceptors (Lipinski definition) is 2. The van der Waals surface area contributed by atoms with Crippen molar-refractivity contribution in [1.82, 2.24) is 0 Å². The lowest BCUT2D eigenvalue weighted by atomic mass is 10.1. The first kappa shape index (κ1) is 15.6. The summed E-state index contributed by atoms with van der Waals surface area (Å²) < 4.78 is 51.9. The second kappa shape index (κ2) is 5.55. The molecule has 0 saturated carbocycles. The summed E-state index contributed by atoms with van der Waals surface area (Å²) in [4.78, 5) is 0. The van der Waals surface area contributed by atoms with E-state index in [2.05, 4.69) is 21.2 Å². The smallest absolute Gasteiger partial charge is 0.397 e. The minimum atomic E-state index is -4.44. The molecular formula is C14H11BrF4N2. The van der Waals surface area contributed by atoms with Crippen molar-refractivity contribution in [3.05, 3.63) is 51.7 Å². The van der Waals surface area contributed by atoms with Crippen LogP contribution < -0.4 is 11.1 Å². The average molecular weight is 363 g/mol. The predicted molar refractivity (Wildman–Crippen MR) is 78.0 cm³/mol. The van der Waals surface area contributed by atoms with E-state index in [4.69, 9.17) is 5.73 Å². The number of rotatable bonds is 2.